The quantitative estimate of drug-likeness (QED) is 0.275. The van der Waals surface area contributed by atoms with Gasteiger partial charge < -0.3 is 0 Å². The lowest BCUT2D eigenvalue weighted by Gasteiger charge is -2.08. The largest absolute Gasteiger partial charge is 0.246 e. The molecule has 102 valence electrons. The van der Waals surface area contributed by atoms with Gasteiger partial charge in [0.15, 0.2) is 18.1 Å². The number of hydrogen-bond acceptors (Lipinski definition) is 7. The second-order valence-electron chi connectivity index (χ2n) is 3.45. The first-order valence-corrected chi connectivity index (χ1v) is 6.44. The highest BCUT2D eigenvalue weighted by Gasteiger charge is 2.11. The van der Waals surface area contributed by atoms with E-state index in [1.165, 1.54) is 5.06 Å². The lowest BCUT2D eigenvalue weighted by molar-refractivity contribution is -0.340. The Morgan fingerprint density at radius 3 is 2.79 bits per heavy atom. The van der Waals surface area contributed by atoms with Gasteiger partial charge >= 0.3 is 0 Å². The fourth-order valence-corrected chi connectivity index (χ4v) is 2.08. The van der Waals surface area contributed by atoms with Gasteiger partial charge in [-0.05, 0) is 11.6 Å². The molecule has 0 aromatic carbocycles. The van der Waals surface area contributed by atoms with Crippen molar-refractivity contribution in [2.24, 2.45) is 0 Å². The molecule has 0 aliphatic rings. The summed E-state index contributed by atoms with van der Waals surface area (Å²) < 4.78 is 6.53. The third-order valence-electron chi connectivity index (χ3n) is 1.79. The van der Waals surface area contributed by atoms with Crippen LogP contribution in [-0.2, 0) is 9.32 Å². The molecule has 7 nitrogen and oxygen atoms in total. The second-order valence-corrected chi connectivity index (χ2v) is 4.85. The fourth-order valence-electron chi connectivity index (χ4n) is 1.14. The van der Waals surface area contributed by atoms with Crippen molar-refractivity contribution in [3.05, 3.63) is 28.9 Å². The minimum atomic E-state index is 0.0486. The molecule has 0 saturated carbocycles. The minimum Gasteiger partial charge on any atom is -0.246 e. The molecule has 0 saturated heterocycles. The molecule has 0 unspecified atom stereocenters. The molecule has 0 bridgehead atoms. The average Bonchev–Trinajstić information content (AvgIpc) is 2.75. The standard InChI is InChI=1S/C9H9Cl2N5O2S/c1-15(2)17-18-19-16-4-3-12-8(16)6-5-7(10)14-9(11)13-6/h3-5H,1-2H3. The van der Waals surface area contributed by atoms with E-state index in [0.717, 1.165) is 12.2 Å². The van der Waals surface area contributed by atoms with Crippen LogP contribution >= 0.6 is 35.4 Å². The second kappa shape index (κ2) is 6.51. The van der Waals surface area contributed by atoms with Gasteiger partial charge in [-0.25, -0.2) is 18.9 Å². The van der Waals surface area contributed by atoms with Crippen molar-refractivity contribution in [1.82, 2.24) is 24.0 Å². The molecule has 0 spiro atoms. The first kappa shape index (κ1) is 14.5. The summed E-state index contributed by atoms with van der Waals surface area (Å²) in [6, 6.07) is 1.56. The van der Waals surface area contributed by atoms with Gasteiger partial charge in [0.25, 0.3) is 0 Å². The Hall–Kier alpha value is -0.900. The van der Waals surface area contributed by atoms with Crippen LogP contribution in [0.2, 0.25) is 10.4 Å². The van der Waals surface area contributed by atoms with E-state index in [0.29, 0.717) is 11.5 Å². The normalized spacial score (nSPS) is 11.2. The molecule has 0 aliphatic carbocycles. The van der Waals surface area contributed by atoms with Crippen LogP contribution in [0.4, 0.5) is 0 Å². The summed E-state index contributed by atoms with van der Waals surface area (Å²) >= 11 is 12.5. The van der Waals surface area contributed by atoms with E-state index in [1.807, 2.05) is 0 Å². The van der Waals surface area contributed by atoms with Crippen LogP contribution in [0.15, 0.2) is 18.5 Å². The van der Waals surface area contributed by atoms with Crippen molar-refractivity contribution in [1.29, 1.82) is 0 Å². The highest BCUT2D eigenvalue weighted by Crippen LogP contribution is 2.23. The number of hydrogen-bond donors (Lipinski definition) is 0. The van der Waals surface area contributed by atoms with Crippen molar-refractivity contribution in [2.75, 3.05) is 14.1 Å². The molecule has 0 radical (unpaired) electrons. The van der Waals surface area contributed by atoms with Gasteiger partial charge in [0.2, 0.25) is 5.28 Å². The Balaban J connectivity index is 2.18. The van der Waals surface area contributed by atoms with Crippen molar-refractivity contribution in [2.45, 2.75) is 0 Å². The summed E-state index contributed by atoms with van der Waals surface area (Å²) in [5.74, 6) is 0.513. The Kier molecular flexibility index (Phi) is 4.97. The molecule has 0 aliphatic heterocycles. The van der Waals surface area contributed by atoms with Crippen LogP contribution < -0.4 is 0 Å². The van der Waals surface area contributed by atoms with E-state index < -0.39 is 0 Å². The summed E-state index contributed by atoms with van der Waals surface area (Å²) in [5, 5.41) is 1.69. The van der Waals surface area contributed by atoms with Crippen molar-refractivity contribution < 1.29 is 9.32 Å². The van der Waals surface area contributed by atoms with Crippen LogP contribution in [-0.4, -0.2) is 38.1 Å². The summed E-state index contributed by atoms with van der Waals surface area (Å²) in [6.45, 7) is 0. The number of halogens is 2. The maximum Gasteiger partial charge on any atom is 0.224 e. The lowest BCUT2D eigenvalue weighted by atomic mass is 10.4. The third-order valence-corrected chi connectivity index (χ3v) is 2.73. The number of rotatable bonds is 5. The summed E-state index contributed by atoms with van der Waals surface area (Å²) in [7, 11) is 3.39. The zero-order valence-electron chi connectivity index (χ0n) is 9.95. The zero-order valence-corrected chi connectivity index (χ0v) is 12.3. The molecule has 0 atom stereocenters. The van der Waals surface area contributed by atoms with Gasteiger partial charge in [-0.15, -0.1) is 9.32 Å². The fraction of sp³-hybridized carbons (Fsp3) is 0.222. The highest BCUT2D eigenvalue weighted by atomic mass is 35.5. The number of imidazole rings is 1. The zero-order chi connectivity index (χ0) is 13.8. The van der Waals surface area contributed by atoms with Crippen molar-refractivity contribution in [3.63, 3.8) is 0 Å². The molecule has 2 aromatic rings. The topological polar surface area (TPSA) is 65.3 Å². The maximum atomic E-state index is 5.82. The predicted octanol–water partition coefficient (Wildman–Crippen LogP) is 2.48. The first-order chi connectivity index (χ1) is 9.06. The first-order valence-electron chi connectivity index (χ1n) is 4.99. The lowest BCUT2D eigenvalue weighted by Crippen LogP contribution is -2.11. The van der Waals surface area contributed by atoms with E-state index >= 15 is 0 Å². The molecular weight excluding hydrogens is 313 g/mol. The monoisotopic (exact) mass is 321 g/mol. The van der Waals surface area contributed by atoms with Crippen molar-refractivity contribution >= 4 is 35.4 Å². The van der Waals surface area contributed by atoms with Crippen LogP contribution in [0.1, 0.15) is 0 Å². The molecule has 10 heteroatoms. The van der Waals surface area contributed by atoms with Gasteiger partial charge in [-0.1, -0.05) is 11.6 Å². The van der Waals surface area contributed by atoms with Crippen LogP contribution in [0, 0.1) is 0 Å². The molecule has 2 rings (SSSR count). The molecule has 2 heterocycles. The van der Waals surface area contributed by atoms with E-state index in [1.54, 1.807) is 36.5 Å². The SMILES string of the molecule is CN(C)OOSn1ccnc1-c1cc(Cl)nc(Cl)n1. The Labute approximate surface area is 123 Å². The van der Waals surface area contributed by atoms with E-state index in [4.69, 9.17) is 32.5 Å². The van der Waals surface area contributed by atoms with Crippen LogP contribution in [0.5, 0.6) is 0 Å². The number of nitrogens with zero attached hydrogens (tertiary/aromatic N) is 5. The Morgan fingerprint density at radius 1 is 1.32 bits per heavy atom. The Bertz CT molecular complexity index is 545. The van der Waals surface area contributed by atoms with Gasteiger partial charge in [0.1, 0.15) is 10.8 Å². The molecule has 0 fully saturated rings. The van der Waals surface area contributed by atoms with E-state index in [-0.39, 0.29) is 10.4 Å². The van der Waals surface area contributed by atoms with Gasteiger partial charge in [-0.3, -0.25) is 0 Å². The predicted molar refractivity (Wildman–Crippen MR) is 72.1 cm³/mol. The molecule has 2 aromatic heterocycles. The molecule has 0 amide bonds. The van der Waals surface area contributed by atoms with Gasteiger partial charge in [0, 0.05) is 32.6 Å². The maximum absolute atomic E-state index is 5.82. The Morgan fingerprint density at radius 2 is 2.11 bits per heavy atom. The minimum absolute atomic E-state index is 0.0486. The van der Waals surface area contributed by atoms with E-state index in [2.05, 4.69) is 15.0 Å². The number of aromatic nitrogens is 4. The summed E-state index contributed by atoms with van der Waals surface area (Å²) in [6.07, 6.45) is 3.27. The van der Waals surface area contributed by atoms with Crippen molar-refractivity contribution in [3.8, 4) is 11.5 Å². The highest BCUT2D eigenvalue weighted by molar-refractivity contribution is 7.93. The summed E-state index contributed by atoms with van der Waals surface area (Å²) in [4.78, 5) is 16.8. The summed E-state index contributed by atoms with van der Waals surface area (Å²) in [5.41, 5.74) is 0.482. The van der Waals surface area contributed by atoms with Gasteiger partial charge in [0.05, 0.1) is 0 Å². The van der Waals surface area contributed by atoms with Crippen LogP contribution in [0.25, 0.3) is 11.5 Å². The van der Waals surface area contributed by atoms with E-state index in [9.17, 15) is 0 Å². The number of hydroxylamine groups is 2. The molecule has 0 N–H and O–H groups in total. The smallest absolute Gasteiger partial charge is 0.224 e. The average molecular weight is 322 g/mol. The van der Waals surface area contributed by atoms with Gasteiger partial charge in [-0.2, -0.15) is 5.06 Å². The van der Waals surface area contributed by atoms with Crippen LogP contribution in [0.3, 0.4) is 0 Å². The molecular formula is C9H9Cl2N5O2S. The molecule has 19 heavy (non-hydrogen) atoms. The third kappa shape index (κ3) is 4.03.